The van der Waals surface area contributed by atoms with Crippen LogP contribution in [0.2, 0.25) is 0 Å². The molecule has 1 aromatic rings. The number of carbonyl (C=O) groups is 1. The molecule has 2 nitrogen and oxygen atoms in total. The molecule has 1 aromatic heterocycles. The average molecular weight is 154 g/mol. The Bertz CT molecular complexity index is 244. The Morgan fingerprint density at radius 1 is 1.70 bits per heavy atom. The zero-order valence-corrected chi connectivity index (χ0v) is 6.44. The summed E-state index contributed by atoms with van der Waals surface area (Å²) in [6.07, 6.45) is 0. The molecule has 0 aliphatic rings. The van der Waals surface area contributed by atoms with Crippen LogP contribution in [0, 0.1) is 0 Å². The minimum absolute atomic E-state index is 0.0257. The van der Waals surface area contributed by atoms with Crippen molar-refractivity contribution in [1.82, 2.24) is 0 Å². The highest BCUT2D eigenvalue weighted by Gasteiger charge is 2.02. The fraction of sp³-hybridized carbons (Fsp3) is 0.167. The first-order valence-corrected chi connectivity index (χ1v) is 3.76. The topological polar surface area (TPSA) is 37.3 Å². The summed E-state index contributed by atoms with van der Waals surface area (Å²) in [5, 5.41) is 8.63. The van der Waals surface area contributed by atoms with E-state index in [1.54, 1.807) is 12.1 Å². The minimum Gasteiger partial charge on any atom is -0.449 e. The van der Waals surface area contributed by atoms with Crippen molar-refractivity contribution in [2.24, 2.45) is 0 Å². The van der Waals surface area contributed by atoms with Gasteiger partial charge in [0.2, 0.25) is 0 Å². The number of carbonyl (C=O) groups excluding carboxylic acids is 1. The monoisotopic (exact) mass is 154 g/mol. The van der Waals surface area contributed by atoms with Gasteiger partial charge in [0.15, 0.2) is 5.78 Å². The Kier molecular flexibility index (Phi) is 2.24. The van der Waals surface area contributed by atoms with E-state index in [4.69, 9.17) is 5.02 Å². The van der Waals surface area contributed by atoms with E-state index >= 15 is 0 Å². The van der Waals surface area contributed by atoms with Crippen molar-refractivity contribution < 1.29 is 9.82 Å². The molecule has 0 aliphatic carbocycles. The van der Waals surface area contributed by atoms with Gasteiger partial charge in [-0.25, -0.2) is 0 Å². The minimum atomic E-state index is 0.0257. The lowest BCUT2D eigenvalue weighted by Gasteiger charge is -1.82. The normalized spacial score (nSPS) is 9.40. The molecule has 0 bridgehead atoms. The number of hydrogen-bond donors (Lipinski definition) is 1. The second-order valence-electron chi connectivity index (χ2n) is 1.98. The van der Waals surface area contributed by atoms with Gasteiger partial charge in [0.1, 0.15) is 0 Å². The van der Waals surface area contributed by atoms with E-state index in [9.17, 15) is 4.79 Å². The summed E-state index contributed by atoms with van der Waals surface area (Å²) in [6.45, 7) is 1.52. The first-order chi connectivity index (χ1) is 4.74. The molecule has 0 amide bonds. The van der Waals surface area contributed by atoms with Gasteiger partial charge in [-0.2, -0.15) is 0 Å². The molecule has 1 heterocycles. The Morgan fingerprint density at radius 2 is 2.40 bits per heavy atom. The summed E-state index contributed by atoms with van der Waals surface area (Å²) >= 11 is 1.34. The molecule has 0 saturated heterocycles. The lowest BCUT2D eigenvalue weighted by atomic mass is 10.0. The van der Waals surface area contributed by atoms with Crippen molar-refractivity contribution in [3.05, 3.63) is 17.0 Å². The molecule has 0 aromatic carbocycles. The summed E-state index contributed by atoms with van der Waals surface area (Å²) in [5.41, 5.74) is 0. The molecule has 0 unspecified atom stereocenters. The number of Topliss-reactive ketones (excluding diaryl/α,β-unsaturated/α-hetero) is 1. The van der Waals surface area contributed by atoms with Crippen LogP contribution >= 0.6 is 11.3 Å². The molecule has 0 atom stereocenters. The van der Waals surface area contributed by atoms with Crippen molar-refractivity contribution >= 4 is 29.4 Å². The van der Waals surface area contributed by atoms with Gasteiger partial charge in [-0.3, -0.25) is 4.79 Å². The summed E-state index contributed by atoms with van der Waals surface area (Å²) in [5.74, 6) is 0.0599. The van der Waals surface area contributed by atoms with E-state index in [0.717, 1.165) is 4.78 Å². The predicted octanol–water partition coefficient (Wildman–Crippen LogP) is -0.0802. The molecule has 1 rings (SSSR count). The maximum Gasteiger partial charge on any atom is 0.315 e. The molecule has 52 valence electrons. The molecule has 4 heteroatoms. The molecular weight excluding hydrogens is 147 g/mol. The van der Waals surface area contributed by atoms with Crippen molar-refractivity contribution in [3.63, 3.8) is 0 Å². The van der Waals surface area contributed by atoms with Crippen molar-refractivity contribution in [2.75, 3.05) is 0 Å². The van der Waals surface area contributed by atoms with Crippen molar-refractivity contribution in [2.45, 2.75) is 6.92 Å². The molecule has 0 spiro atoms. The lowest BCUT2D eigenvalue weighted by molar-refractivity contribution is 0.102. The van der Waals surface area contributed by atoms with Gasteiger partial charge in [-0.15, -0.1) is 11.3 Å². The molecule has 10 heavy (non-hydrogen) atoms. The van der Waals surface area contributed by atoms with Gasteiger partial charge < -0.3 is 5.02 Å². The maximum atomic E-state index is 10.7. The maximum absolute atomic E-state index is 10.7. The fourth-order valence-electron chi connectivity index (χ4n) is 0.652. The van der Waals surface area contributed by atoms with Gasteiger partial charge in [0.05, 0.1) is 4.88 Å². The Hall–Kier alpha value is -0.605. The predicted molar refractivity (Wildman–Crippen MR) is 43.3 cm³/mol. The third-order valence-corrected chi connectivity index (χ3v) is 2.34. The van der Waals surface area contributed by atoms with Crippen molar-refractivity contribution in [1.29, 1.82) is 0 Å². The van der Waals surface area contributed by atoms with Crippen LogP contribution in [-0.2, 0) is 0 Å². The van der Waals surface area contributed by atoms with Crippen LogP contribution in [-0.4, -0.2) is 18.3 Å². The quantitative estimate of drug-likeness (QED) is 0.477. The van der Waals surface area contributed by atoms with E-state index in [2.05, 4.69) is 0 Å². The molecular formula is C6H7BO2S. The van der Waals surface area contributed by atoms with Crippen LogP contribution in [0.1, 0.15) is 16.6 Å². The van der Waals surface area contributed by atoms with E-state index in [-0.39, 0.29) is 13.3 Å². The summed E-state index contributed by atoms with van der Waals surface area (Å²) in [7, 11) is 0.0257. The van der Waals surface area contributed by atoms with Crippen LogP contribution in [0.4, 0.5) is 0 Å². The molecule has 0 aliphatic heterocycles. The summed E-state index contributed by atoms with van der Waals surface area (Å²) < 4.78 is 0.838. The van der Waals surface area contributed by atoms with Crippen molar-refractivity contribution in [3.8, 4) is 0 Å². The van der Waals surface area contributed by atoms with Gasteiger partial charge in [-0.05, 0) is 13.0 Å². The number of hydrogen-bond acceptors (Lipinski definition) is 3. The Labute approximate surface area is 63.8 Å². The summed E-state index contributed by atoms with van der Waals surface area (Å²) in [6, 6.07) is 3.50. The number of thiophene rings is 1. The fourth-order valence-corrected chi connectivity index (χ4v) is 1.42. The molecule has 0 radical (unpaired) electrons. The van der Waals surface area contributed by atoms with E-state index in [1.807, 2.05) is 0 Å². The SMILES string of the molecule is CC(=O)c1ccc(BO)s1. The second kappa shape index (κ2) is 2.99. The molecule has 0 fully saturated rings. The third-order valence-electron chi connectivity index (χ3n) is 1.16. The average Bonchev–Trinajstić information content (AvgIpc) is 2.34. The van der Waals surface area contributed by atoms with E-state index in [1.165, 1.54) is 18.3 Å². The number of ketones is 1. The highest BCUT2D eigenvalue weighted by atomic mass is 32.1. The van der Waals surface area contributed by atoms with Crippen LogP contribution in [0.15, 0.2) is 12.1 Å². The van der Waals surface area contributed by atoms with Gasteiger partial charge in [0, 0.05) is 4.78 Å². The smallest absolute Gasteiger partial charge is 0.315 e. The van der Waals surface area contributed by atoms with Gasteiger partial charge in [-0.1, -0.05) is 6.07 Å². The first kappa shape index (κ1) is 7.50. The Balaban J connectivity index is 2.88. The van der Waals surface area contributed by atoms with E-state index < -0.39 is 0 Å². The van der Waals surface area contributed by atoms with Crippen LogP contribution in [0.3, 0.4) is 0 Å². The highest BCUT2D eigenvalue weighted by Crippen LogP contribution is 2.05. The zero-order valence-electron chi connectivity index (χ0n) is 5.63. The summed E-state index contributed by atoms with van der Waals surface area (Å²) in [4.78, 5) is 11.4. The van der Waals surface area contributed by atoms with E-state index in [0.29, 0.717) is 4.88 Å². The van der Waals surface area contributed by atoms with Crippen LogP contribution < -0.4 is 4.78 Å². The molecule has 0 saturated carbocycles. The van der Waals surface area contributed by atoms with Crippen LogP contribution in [0.25, 0.3) is 0 Å². The largest absolute Gasteiger partial charge is 0.449 e. The standard InChI is InChI=1S/C6H7BO2S/c1-4(8)5-2-3-6(7-9)10-5/h2-3,7,9H,1H3. The van der Waals surface area contributed by atoms with Crippen LogP contribution in [0.5, 0.6) is 0 Å². The second-order valence-corrected chi connectivity index (χ2v) is 3.15. The van der Waals surface area contributed by atoms with Gasteiger partial charge in [0.25, 0.3) is 0 Å². The number of rotatable bonds is 2. The first-order valence-electron chi connectivity index (χ1n) is 2.94. The third kappa shape index (κ3) is 1.46. The van der Waals surface area contributed by atoms with Gasteiger partial charge >= 0.3 is 7.48 Å². The lowest BCUT2D eigenvalue weighted by Crippen LogP contribution is -2.06. The Morgan fingerprint density at radius 3 is 2.70 bits per heavy atom. The highest BCUT2D eigenvalue weighted by molar-refractivity contribution is 7.22. The zero-order chi connectivity index (χ0) is 7.56. The molecule has 1 N–H and O–H groups in total.